The highest BCUT2D eigenvalue weighted by molar-refractivity contribution is 5.93. The normalized spacial score (nSPS) is 24.6. The molecule has 0 saturated carbocycles. The van der Waals surface area contributed by atoms with Gasteiger partial charge in [0.05, 0.1) is 12.2 Å². The van der Waals surface area contributed by atoms with Crippen molar-refractivity contribution in [2.75, 3.05) is 13.2 Å². The SMILES string of the molecule is CC(=O)c1ccc(CC2(O)CCOC2)cc1. The summed E-state index contributed by atoms with van der Waals surface area (Å²) in [5.74, 6) is 0.0643. The molecule has 1 fully saturated rings. The molecule has 0 spiro atoms. The van der Waals surface area contributed by atoms with Crippen LogP contribution in [0.15, 0.2) is 24.3 Å². The fourth-order valence-corrected chi connectivity index (χ4v) is 1.97. The maximum absolute atomic E-state index is 11.1. The Morgan fingerprint density at radius 3 is 2.62 bits per heavy atom. The maximum atomic E-state index is 11.1. The summed E-state index contributed by atoms with van der Waals surface area (Å²) in [6.45, 7) is 2.58. The molecule has 3 heteroatoms. The zero-order chi connectivity index (χ0) is 11.6. The van der Waals surface area contributed by atoms with E-state index in [0.717, 1.165) is 5.56 Å². The van der Waals surface area contributed by atoms with Crippen molar-refractivity contribution in [1.82, 2.24) is 0 Å². The first-order chi connectivity index (χ1) is 7.59. The van der Waals surface area contributed by atoms with E-state index < -0.39 is 5.60 Å². The lowest BCUT2D eigenvalue weighted by molar-refractivity contribution is 0.0270. The van der Waals surface area contributed by atoms with E-state index in [9.17, 15) is 9.90 Å². The monoisotopic (exact) mass is 220 g/mol. The number of benzene rings is 1. The van der Waals surface area contributed by atoms with Gasteiger partial charge in [-0.05, 0) is 12.5 Å². The van der Waals surface area contributed by atoms with Gasteiger partial charge in [-0.2, -0.15) is 0 Å². The first kappa shape index (κ1) is 11.3. The van der Waals surface area contributed by atoms with Crippen LogP contribution >= 0.6 is 0 Å². The van der Waals surface area contributed by atoms with E-state index in [4.69, 9.17) is 4.74 Å². The second-order valence-corrected chi connectivity index (χ2v) is 4.46. The van der Waals surface area contributed by atoms with Crippen LogP contribution in [0.1, 0.15) is 29.3 Å². The number of aliphatic hydroxyl groups is 1. The largest absolute Gasteiger partial charge is 0.387 e. The van der Waals surface area contributed by atoms with Gasteiger partial charge in [0.1, 0.15) is 0 Å². The summed E-state index contributed by atoms with van der Waals surface area (Å²) in [6.07, 6.45) is 1.27. The molecule has 1 aliphatic heterocycles. The predicted octanol–water partition coefficient (Wildman–Crippen LogP) is 1.58. The quantitative estimate of drug-likeness (QED) is 0.787. The molecule has 86 valence electrons. The molecule has 0 aromatic heterocycles. The van der Waals surface area contributed by atoms with Crippen molar-refractivity contribution in [3.05, 3.63) is 35.4 Å². The first-order valence-corrected chi connectivity index (χ1v) is 5.49. The molecule has 1 atom stereocenters. The van der Waals surface area contributed by atoms with Gasteiger partial charge in [-0.15, -0.1) is 0 Å². The number of Topliss-reactive ketones (excluding diaryl/α,β-unsaturated/α-hetero) is 1. The first-order valence-electron chi connectivity index (χ1n) is 5.49. The average molecular weight is 220 g/mol. The molecule has 1 aromatic rings. The van der Waals surface area contributed by atoms with Gasteiger partial charge in [0.25, 0.3) is 0 Å². The Balaban J connectivity index is 2.07. The summed E-state index contributed by atoms with van der Waals surface area (Å²) in [6, 6.07) is 7.40. The van der Waals surface area contributed by atoms with E-state index in [0.29, 0.717) is 31.6 Å². The highest BCUT2D eigenvalue weighted by Gasteiger charge is 2.32. The molecule has 0 radical (unpaired) electrons. The van der Waals surface area contributed by atoms with Crippen LogP contribution in [0.25, 0.3) is 0 Å². The third-order valence-electron chi connectivity index (χ3n) is 2.98. The lowest BCUT2D eigenvalue weighted by Crippen LogP contribution is -2.31. The third kappa shape index (κ3) is 2.49. The van der Waals surface area contributed by atoms with E-state index in [-0.39, 0.29) is 5.78 Å². The fourth-order valence-electron chi connectivity index (χ4n) is 1.97. The van der Waals surface area contributed by atoms with Crippen molar-refractivity contribution in [1.29, 1.82) is 0 Å². The number of rotatable bonds is 3. The molecular formula is C13H16O3. The predicted molar refractivity (Wildman–Crippen MR) is 60.5 cm³/mol. The molecule has 1 unspecified atom stereocenters. The zero-order valence-corrected chi connectivity index (χ0v) is 9.40. The van der Waals surface area contributed by atoms with Crippen LogP contribution < -0.4 is 0 Å². The topological polar surface area (TPSA) is 46.5 Å². The molecule has 1 heterocycles. The highest BCUT2D eigenvalue weighted by Crippen LogP contribution is 2.23. The van der Waals surface area contributed by atoms with Crippen LogP contribution in [0, 0.1) is 0 Å². The molecule has 1 saturated heterocycles. The van der Waals surface area contributed by atoms with Crippen molar-refractivity contribution < 1.29 is 14.6 Å². The van der Waals surface area contributed by atoms with Gasteiger partial charge in [0, 0.05) is 25.0 Å². The van der Waals surface area contributed by atoms with Crippen LogP contribution in [0.3, 0.4) is 0 Å². The van der Waals surface area contributed by atoms with Crippen molar-refractivity contribution in [2.45, 2.75) is 25.4 Å². The van der Waals surface area contributed by atoms with Gasteiger partial charge >= 0.3 is 0 Å². The molecule has 0 aliphatic carbocycles. The second-order valence-electron chi connectivity index (χ2n) is 4.46. The van der Waals surface area contributed by atoms with E-state index in [1.807, 2.05) is 12.1 Å². The third-order valence-corrected chi connectivity index (χ3v) is 2.98. The highest BCUT2D eigenvalue weighted by atomic mass is 16.5. The summed E-state index contributed by atoms with van der Waals surface area (Å²) in [5.41, 5.74) is 1.02. The molecule has 1 aliphatic rings. The van der Waals surface area contributed by atoms with E-state index in [1.165, 1.54) is 0 Å². The average Bonchev–Trinajstić information content (AvgIpc) is 2.65. The molecule has 3 nitrogen and oxygen atoms in total. The Bertz CT molecular complexity index is 375. The van der Waals surface area contributed by atoms with Crippen molar-refractivity contribution >= 4 is 5.78 Å². The lowest BCUT2D eigenvalue weighted by Gasteiger charge is -2.20. The minimum atomic E-state index is -0.724. The molecule has 0 bridgehead atoms. The van der Waals surface area contributed by atoms with Gasteiger partial charge in [0.2, 0.25) is 0 Å². The Morgan fingerprint density at radius 2 is 2.12 bits per heavy atom. The standard InChI is InChI=1S/C13H16O3/c1-10(14)12-4-2-11(3-5-12)8-13(15)6-7-16-9-13/h2-5,15H,6-9H2,1H3. The molecule has 1 aromatic carbocycles. The molecule has 16 heavy (non-hydrogen) atoms. The molecule has 0 amide bonds. The Hall–Kier alpha value is -1.19. The van der Waals surface area contributed by atoms with Gasteiger partial charge in [0.15, 0.2) is 5.78 Å². The number of hydrogen-bond donors (Lipinski definition) is 1. The molecule has 1 N–H and O–H groups in total. The summed E-state index contributed by atoms with van der Waals surface area (Å²) in [4.78, 5) is 11.1. The lowest BCUT2D eigenvalue weighted by atomic mass is 9.93. The second kappa shape index (κ2) is 4.36. The minimum absolute atomic E-state index is 0.0643. The number of carbonyl (C=O) groups is 1. The van der Waals surface area contributed by atoms with Crippen molar-refractivity contribution in [2.24, 2.45) is 0 Å². The van der Waals surface area contributed by atoms with Crippen molar-refractivity contribution in [3.63, 3.8) is 0 Å². The van der Waals surface area contributed by atoms with Crippen LogP contribution in [0.4, 0.5) is 0 Å². The number of ketones is 1. The number of ether oxygens (including phenoxy) is 1. The van der Waals surface area contributed by atoms with E-state index >= 15 is 0 Å². The van der Waals surface area contributed by atoms with Crippen LogP contribution in [-0.2, 0) is 11.2 Å². The summed E-state index contributed by atoms with van der Waals surface area (Å²) < 4.78 is 5.19. The summed E-state index contributed by atoms with van der Waals surface area (Å²) in [7, 11) is 0. The van der Waals surface area contributed by atoms with E-state index in [2.05, 4.69) is 0 Å². The number of hydrogen-bond acceptors (Lipinski definition) is 3. The van der Waals surface area contributed by atoms with Crippen LogP contribution in [0.5, 0.6) is 0 Å². The van der Waals surface area contributed by atoms with Gasteiger partial charge < -0.3 is 9.84 Å². The van der Waals surface area contributed by atoms with Crippen LogP contribution in [0.2, 0.25) is 0 Å². The smallest absolute Gasteiger partial charge is 0.159 e. The maximum Gasteiger partial charge on any atom is 0.159 e. The summed E-state index contributed by atoms with van der Waals surface area (Å²) in [5, 5.41) is 10.1. The van der Waals surface area contributed by atoms with Gasteiger partial charge in [-0.1, -0.05) is 24.3 Å². The van der Waals surface area contributed by atoms with Crippen LogP contribution in [-0.4, -0.2) is 29.7 Å². The molecule has 2 rings (SSSR count). The van der Waals surface area contributed by atoms with Gasteiger partial charge in [-0.3, -0.25) is 4.79 Å². The number of carbonyl (C=O) groups excluding carboxylic acids is 1. The Morgan fingerprint density at radius 1 is 1.44 bits per heavy atom. The summed E-state index contributed by atoms with van der Waals surface area (Å²) >= 11 is 0. The Kier molecular flexibility index (Phi) is 3.08. The Labute approximate surface area is 95.0 Å². The molecular weight excluding hydrogens is 204 g/mol. The van der Waals surface area contributed by atoms with Crippen molar-refractivity contribution in [3.8, 4) is 0 Å². The fraction of sp³-hybridized carbons (Fsp3) is 0.462. The zero-order valence-electron chi connectivity index (χ0n) is 9.40. The minimum Gasteiger partial charge on any atom is -0.387 e. The van der Waals surface area contributed by atoms with E-state index in [1.54, 1.807) is 19.1 Å². The van der Waals surface area contributed by atoms with Gasteiger partial charge in [-0.25, -0.2) is 0 Å².